The number of rotatable bonds is 7. The first kappa shape index (κ1) is 16.0. The zero-order valence-electron chi connectivity index (χ0n) is 13.0. The van der Waals surface area contributed by atoms with Crippen LogP contribution in [0.1, 0.15) is 32.3 Å². The Bertz CT molecular complexity index is 386. The van der Waals surface area contributed by atoms with Gasteiger partial charge in [0.25, 0.3) is 0 Å². The number of anilines is 1. The van der Waals surface area contributed by atoms with Crippen molar-refractivity contribution >= 4 is 5.69 Å². The molecule has 108 valence electrons. The number of nitrogens with zero attached hydrogens (tertiary/aromatic N) is 2. The van der Waals surface area contributed by atoms with Crippen molar-refractivity contribution in [3.63, 3.8) is 0 Å². The van der Waals surface area contributed by atoms with Crippen molar-refractivity contribution in [2.24, 2.45) is 0 Å². The van der Waals surface area contributed by atoms with Crippen LogP contribution < -0.4 is 4.90 Å². The number of hydrogen-bond acceptors (Lipinski definition) is 3. The summed E-state index contributed by atoms with van der Waals surface area (Å²) in [7, 11) is 6.17. The van der Waals surface area contributed by atoms with E-state index in [2.05, 4.69) is 55.2 Å². The van der Waals surface area contributed by atoms with E-state index in [-0.39, 0.29) is 0 Å². The van der Waals surface area contributed by atoms with Crippen molar-refractivity contribution in [2.75, 3.05) is 32.6 Å². The highest BCUT2D eigenvalue weighted by atomic mass is 16.3. The van der Waals surface area contributed by atoms with Crippen LogP contribution in [0.4, 0.5) is 5.69 Å². The Hall–Kier alpha value is -1.06. The summed E-state index contributed by atoms with van der Waals surface area (Å²) < 4.78 is 0. The second-order valence-electron chi connectivity index (χ2n) is 5.67. The van der Waals surface area contributed by atoms with Gasteiger partial charge in [-0.15, -0.1) is 0 Å². The molecule has 0 saturated carbocycles. The first-order chi connectivity index (χ1) is 8.90. The minimum Gasteiger partial charge on any atom is -0.389 e. The largest absolute Gasteiger partial charge is 0.389 e. The highest BCUT2D eigenvalue weighted by Crippen LogP contribution is 2.18. The van der Waals surface area contributed by atoms with Crippen LogP contribution in [-0.4, -0.2) is 43.3 Å². The van der Waals surface area contributed by atoms with Crippen molar-refractivity contribution in [1.29, 1.82) is 0 Å². The lowest BCUT2D eigenvalue weighted by molar-refractivity contribution is 0.00131. The molecule has 0 radical (unpaired) electrons. The Kier molecular flexibility index (Phi) is 5.83. The Morgan fingerprint density at radius 2 is 1.74 bits per heavy atom. The maximum Gasteiger partial charge on any atom is 0.0768 e. The summed E-state index contributed by atoms with van der Waals surface area (Å²) in [5, 5.41) is 10.4. The van der Waals surface area contributed by atoms with Gasteiger partial charge >= 0.3 is 0 Å². The molecule has 0 unspecified atom stereocenters. The van der Waals surface area contributed by atoms with E-state index in [1.807, 2.05) is 13.8 Å². The summed E-state index contributed by atoms with van der Waals surface area (Å²) in [6.45, 7) is 5.67. The van der Waals surface area contributed by atoms with Crippen molar-refractivity contribution in [2.45, 2.75) is 38.8 Å². The van der Waals surface area contributed by atoms with Crippen LogP contribution in [0.15, 0.2) is 24.3 Å². The van der Waals surface area contributed by atoms with Gasteiger partial charge < -0.3 is 10.0 Å². The summed E-state index contributed by atoms with van der Waals surface area (Å²) in [4.78, 5) is 4.31. The van der Waals surface area contributed by atoms with Gasteiger partial charge in [0.15, 0.2) is 0 Å². The first-order valence-corrected chi connectivity index (χ1v) is 7.07. The second kappa shape index (κ2) is 6.92. The third kappa shape index (κ3) is 4.84. The van der Waals surface area contributed by atoms with Gasteiger partial charge in [0.1, 0.15) is 0 Å². The molecule has 1 aromatic rings. The van der Waals surface area contributed by atoms with Crippen LogP contribution in [0, 0.1) is 0 Å². The molecular weight excluding hydrogens is 236 g/mol. The van der Waals surface area contributed by atoms with Crippen molar-refractivity contribution < 1.29 is 5.11 Å². The molecular formula is C16H28N2O. The lowest BCUT2D eigenvalue weighted by Crippen LogP contribution is -2.40. The number of aliphatic hydroxyl groups is 1. The predicted octanol–water partition coefficient (Wildman–Crippen LogP) is 2.74. The molecule has 0 aliphatic rings. The van der Waals surface area contributed by atoms with Crippen molar-refractivity contribution in [1.82, 2.24) is 4.90 Å². The van der Waals surface area contributed by atoms with E-state index < -0.39 is 5.60 Å². The Morgan fingerprint density at radius 1 is 1.11 bits per heavy atom. The summed E-state index contributed by atoms with van der Waals surface area (Å²) in [5.74, 6) is 0. The molecule has 0 aliphatic carbocycles. The van der Waals surface area contributed by atoms with E-state index in [4.69, 9.17) is 0 Å². The molecule has 19 heavy (non-hydrogen) atoms. The standard InChI is InChI=1S/C16H28N2O/c1-6-16(19,7-2)13-18(5)12-14-9-8-10-15(11-14)17(3)4/h8-11,19H,6-7,12-13H2,1-5H3. The lowest BCUT2D eigenvalue weighted by Gasteiger charge is -2.30. The number of likely N-dealkylation sites (N-methyl/N-ethyl adjacent to an activating group) is 1. The van der Waals surface area contributed by atoms with E-state index in [1.165, 1.54) is 11.3 Å². The van der Waals surface area contributed by atoms with E-state index in [9.17, 15) is 5.11 Å². The molecule has 0 bridgehead atoms. The van der Waals surface area contributed by atoms with E-state index in [0.717, 1.165) is 19.4 Å². The highest BCUT2D eigenvalue weighted by molar-refractivity contribution is 5.47. The van der Waals surface area contributed by atoms with Crippen LogP contribution in [-0.2, 0) is 6.54 Å². The summed E-state index contributed by atoms with van der Waals surface area (Å²) in [5.41, 5.74) is 1.93. The fourth-order valence-corrected chi connectivity index (χ4v) is 2.28. The molecule has 0 atom stereocenters. The van der Waals surface area contributed by atoms with Crippen molar-refractivity contribution in [3.05, 3.63) is 29.8 Å². The molecule has 3 heteroatoms. The van der Waals surface area contributed by atoms with Crippen molar-refractivity contribution in [3.8, 4) is 0 Å². The lowest BCUT2D eigenvalue weighted by atomic mass is 9.97. The van der Waals surface area contributed by atoms with Gasteiger partial charge in [0.2, 0.25) is 0 Å². The summed E-state index contributed by atoms with van der Waals surface area (Å²) in [6, 6.07) is 8.54. The molecule has 1 aromatic carbocycles. The third-order valence-corrected chi connectivity index (χ3v) is 3.76. The topological polar surface area (TPSA) is 26.7 Å². The van der Waals surface area contributed by atoms with Gasteiger partial charge in [-0.05, 0) is 37.6 Å². The van der Waals surface area contributed by atoms with Gasteiger partial charge in [-0.2, -0.15) is 0 Å². The Morgan fingerprint density at radius 3 is 2.26 bits per heavy atom. The molecule has 1 rings (SSSR count). The summed E-state index contributed by atoms with van der Waals surface area (Å²) in [6.07, 6.45) is 1.59. The fraction of sp³-hybridized carbons (Fsp3) is 0.625. The summed E-state index contributed by atoms with van der Waals surface area (Å²) >= 11 is 0. The molecule has 0 aromatic heterocycles. The first-order valence-electron chi connectivity index (χ1n) is 7.07. The molecule has 1 N–H and O–H groups in total. The molecule has 0 amide bonds. The van der Waals surface area contributed by atoms with Gasteiger partial charge in [-0.3, -0.25) is 4.90 Å². The maximum absolute atomic E-state index is 10.4. The predicted molar refractivity (Wildman–Crippen MR) is 82.6 cm³/mol. The Labute approximate surface area is 117 Å². The quantitative estimate of drug-likeness (QED) is 0.820. The molecule has 0 spiro atoms. The molecule has 0 fully saturated rings. The molecule has 0 heterocycles. The third-order valence-electron chi connectivity index (χ3n) is 3.76. The molecule has 3 nitrogen and oxygen atoms in total. The van der Waals surface area contributed by atoms with Gasteiger partial charge in [-0.25, -0.2) is 0 Å². The van der Waals surface area contributed by atoms with Gasteiger partial charge in [0.05, 0.1) is 5.60 Å². The van der Waals surface area contributed by atoms with Crippen LogP contribution in [0.2, 0.25) is 0 Å². The Balaban J connectivity index is 2.66. The number of hydrogen-bond donors (Lipinski definition) is 1. The zero-order chi connectivity index (χ0) is 14.5. The molecule has 0 aliphatic heterocycles. The minimum atomic E-state index is -0.562. The van der Waals surface area contributed by atoms with E-state index in [1.54, 1.807) is 0 Å². The normalized spacial score (nSPS) is 11.9. The van der Waals surface area contributed by atoms with Crippen LogP contribution in [0.25, 0.3) is 0 Å². The van der Waals surface area contributed by atoms with E-state index in [0.29, 0.717) is 6.54 Å². The van der Waals surface area contributed by atoms with Crippen LogP contribution in [0.3, 0.4) is 0 Å². The zero-order valence-corrected chi connectivity index (χ0v) is 13.0. The van der Waals surface area contributed by atoms with E-state index >= 15 is 0 Å². The van der Waals surface area contributed by atoms with Gasteiger partial charge in [0, 0.05) is 32.9 Å². The fourth-order valence-electron chi connectivity index (χ4n) is 2.28. The maximum atomic E-state index is 10.4. The average molecular weight is 264 g/mol. The SMILES string of the molecule is CCC(O)(CC)CN(C)Cc1cccc(N(C)C)c1. The smallest absolute Gasteiger partial charge is 0.0768 e. The average Bonchev–Trinajstić information content (AvgIpc) is 2.38. The monoisotopic (exact) mass is 264 g/mol. The second-order valence-corrected chi connectivity index (χ2v) is 5.67. The highest BCUT2D eigenvalue weighted by Gasteiger charge is 2.23. The molecule has 0 saturated heterocycles. The van der Waals surface area contributed by atoms with Crippen LogP contribution in [0.5, 0.6) is 0 Å². The van der Waals surface area contributed by atoms with Crippen LogP contribution >= 0.6 is 0 Å². The van der Waals surface area contributed by atoms with Gasteiger partial charge in [-0.1, -0.05) is 26.0 Å². The number of benzene rings is 1. The minimum absolute atomic E-state index is 0.562.